The molecule has 1 atom stereocenters. The average Bonchev–Trinajstić information content (AvgIpc) is 2.88. The van der Waals surface area contributed by atoms with Gasteiger partial charge in [-0.15, -0.1) is 0 Å². The van der Waals surface area contributed by atoms with Gasteiger partial charge in [0.2, 0.25) is 15.9 Å². The van der Waals surface area contributed by atoms with E-state index < -0.39 is 10.0 Å². The Balaban J connectivity index is 1.24. The summed E-state index contributed by atoms with van der Waals surface area (Å²) in [4.78, 5) is 29.1. The number of ether oxygens (including phenoxy) is 1. The second-order valence-corrected chi connectivity index (χ2v) is 10.8. The number of nitrogens with zero attached hydrogens (tertiary/aromatic N) is 3. The van der Waals surface area contributed by atoms with Crippen LogP contribution in [0.1, 0.15) is 12.8 Å². The highest BCUT2D eigenvalue weighted by molar-refractivity contribution is 7.89. The number of hydrogen-bond acceptors (Lipinski definition) is 6. The van der Waals surface area contributed by atoms with Crippen LogP contribution in [0.15, 0.2) is 53.4 Å². The Morgan fingerprint density at radius 2 is 1.76 bits per heavy atom. The van der Waals surface area contributed by atoms with Crippen LogP contribution >= 0.6 is 0 Å². The molecule has 10 heteroatoms. The number of benzene rings is 2. The molecule has 180 valence electrons. The van der Waals surface area contributed by atoms with Crippen LogP contribution in [0.3, 0.4) is 0 Å². The van der Waals surface area contributed by atoms with Crippen molar-refractivity contribution in [2.24, 2.45) is 5.92 Å². The van der Waals surface area contributed by atoms with Crippen LogP contribution in [0.2, 0.25) is 0 Å². The van der Waals surface area contributed by atoms with Crippen molar-refractivity contribution in [2.45, 2.75) is 17.7 Å². The van der Waals surface area contributed by atoms with Crippen molar-refractivity contribution in [2.75, 3.05) is 56.1 Å². The van der Waals surface area contributed by atoms with Crippen molar-refractivity contribution in [3.8, 4) is 5.75 Å². The van der Waals surface area contributed by atoms with Gasteiger partial charge in [-0.3, -0.25) is 9.59 Å². The minimum atomic E-state index is -3.81. The fourth-order valence-corrected chi connectivity index (χ4v) is 6.37. The largest absolute Gasteiger partial charge is 0.482 e. The summed E-state index contributed by atoms with van der Waals surface area (Å²) in [7, 11) is -3.81. The summed E-state index contributed by atoms with van der Waals surface area (Å²) in [5.74, 6) is -0.205. The number of carbonyl (C=O) groups is 2. The summed E-state index contributed by atoms with van der Waals surface area (Å²) in [6, 6.07) is 14.6. The van der Waals surface area contributed by atoms with E-state index in [1.165, 1.54) is 16.4 Å². The molecular weight excluding hydrogens is 456 g/mol. The first-order valence-corrected chi connectivity index (χ1v) is 13.0. The van der Waals surface area contributed by atoms with Crippen LogP contribution in [0.4, 0.5) is 11.4 Å². The number of anilines is 2. The highest BCUT2D eigenvalue weighted by Gasteiger charge is 2.36. The lowest BCUT2D eigenvalue weighted by Gasteiger charge is -2.39. The Labute approximate surface area is 199 Å². The molecule has 2 aromatic carbocycles. The van der Waals surface area contributed by atoms with Gasteiger partial charge in [-0.25, -0.2) is 8.42 Å². The van der Waals surface area contributed by atoms with Crippen molar-refractivity contribution in [3.05, 3.63) is 48.5 Å². The fraction of sp³-hybridized carbons (Fsp3) is 0.417. The maximum atomic E-state index is 13.3. The van der Waals surface area contributed by atoms with Gasteiger partial charge in [0.05, 0.1) is 16.5 Å². The third kappa shape index (κ3) is 4.47. The summed E-state index contributed by atoms with van der Waals surface area (Å²) in [5.41, 5.74) is 1.49. The normalized spacial score (nSPS) is 21.4. The first-order valence-electron chi connectivity index (χ1n) is 11.6. The topological polar surface area (TPSA) is 99.3 Å². The van der Waals surface area contributed by atoms with E-state index in [1.54, 1.807) is 6.07 Å². The molecule has 0 aliphatic carbocycles. The lowest BCUT2D eigenvalue weighted by atomic mass is 9.97. The van der Waals surface area contributed by atoms with E-state index in [4.69, 9.17) is 4.74 Å². The number of fused-ring (bicyclic) bond motifs is 1. The lowest BCUT2D eigenvalue weighted by molar-refractivity contribution is -0.137. The Morgan fingerprint density at radius 1 is 1.00 bits per heavy atom. The predicted octanol–water partition coefficient (Wildman–Crippen LogP) is 1.77. The number of para-hydroxylation sites is 1. The van der Waals surface area contributed by atoms with Crippen molar-refractivity contribution < 1.29 is 22.7 Å². The number of piperazine rings is 1. The zero-order chi connectivity index (χ0) is 23.7. The van der Waals surface area contributed by atoms with Crippen molar-refractivity contribution in [1.29, 1.82) is 0 Å². The minimum Gasteiger partial charge on any atom is -0.482 e. The van der Waals surface area contributed by atoms with Crippen LogP contribution in [-0.2, 0) is 19.6 Å². The molecule has 3 aliphatic rings. The van der Waals surface area contributed by atoms with Gasteiger partial charge < -0.3 is 19.9 Å². The molecule has 0 aromatic heterocycles. The Bertz CT molecular complexity index is 1180. The van der Waals surface area contributed by atoms with Crippen molar-refractivity contribution in [1.82, 2.24) is 9.21 Å². The molecule has 0 bridgehead atoms. The van der Waals surface area contributed by atoms with Crippen LogP contribution in [0, 0.1) is 5.92 Å². The van der Waals surface area contributed by atoms with Crippen LogP contribution in [0.5, 0.6) is 5.75 Å². The summed E-state index contributed by atoms with van der Waals surface area (Å²) in [6.07, 6.45) is 1.31. The molecule has 5 rings (SSSR count). The van der Waals surface area contributed by atoms with Gasteiger partial charge in [-0.2, -0.15) is 4.31 Å². The zero-order valence-corrected chi connectivity index (χ0v) is 19.7. The molecule has 0 saturated carbocycles. The number of amides is 2. The Morgan fingerprint density at radius 3 is 2.53 bits per heavy atom. The average molecular weight is 485 g/mol. The lowest BCUT2D eigenvalue weighted by Crippen LogP contribution is -2.53. The van der Waals surface area contributed by atoms with E-state index in [2.05, 4.69) is 22.3 Å². The van der Waals surface area contributed by atoms with Gasteiger partial charge in [0, 0.05) is 45.0 Å². The summed E-state index contributed by atoms with van der Waals surface area (Å²) in [6.45, 7) is 3.21. The third-order valence-electron chi connectivity index (χ3n) is 6.67. The predicted molar refractivity (Wildman–Crippen MR) is 127 cm³/mol. The first kappa shape index (κ1) is 22.7. The monoisotopic (exact) mass is 484 g/mol. The molecule has 3 heterocycles. The number of piperidine rings is 1. The smallest absolute Gasteiger partial charge is 0.262 e. The molecule has 2 aromatic rings. The molecule has 2 amide bonds. The van der Waals surface area contributed by atoms with E-state index in [0.29, 0.717) is 43.9 Å². The van der Waals surface area contributed by atoms with E-state index in [1.807, 2.05) is 23.1 Å². The Hall–Kier alpha value is -3.11. The van der Waals surface area contributed by atoms with Gasteiger partial charge >= 0.3 is 0 Å². The highest BCUT2D eigenvalue weighted by atomic mass is 32.2. The molecule has 0 spiro atoms. The minimum absolute atomic E-state index is 0.0266. The van der Waals surface area contributed by atoms with Gasteiger partial charge in [0.1, 0.15) is 5.75 Å². The SMILES string of the molecule is O=C1COc2ccc(S(=O)(=O)N3CCC[C@@H](C(=O)N4CCN(c5ccccc5)CC4)C3)cc2N1. The van der Waals surface area contributed by atoms with Gasteiger partial charge in [0.15, 0.2) is 6.61 Å². The van der Waals surface area contributed by atoms with Crippen molar-refractivity contribution in [3.63, 3.8) is 0 Å². The number of nitrogens with one attached hydrogen (secondary N) is 1. The highest BCUT2D eigenvalue weighted by Crippen LogP contribution is 2.32. The van der Waals surface area contributed by atoms with Crippen LogP contribution in [-0.4, -0.2) is 75.3 Å². The second-order valence-electron chi connectivity index (χ2n) is 8.84. The van der Waals surface area contributed by atoms with E-state index >= 15 is 0 Å². The van der Waals surface area contributed by atoms with E-state index in [9.17, 15) is 18.0 Å². The third-order valence-corrected chi connectivity index (χ3v) is 8.53. The number of rotatable bonds is 4. The number of hydrogen-bond donors (Lipinski definition) is 1. The maximum Gasteiger partial charge on any atom is 0.262 e. The maximum absolute atomic E-state index is 13.3. The van der Waals surface area contributed by atoms with Gasteiger partial charge in [-0.05, 0) is 43.2 Å². The molecule has 0 radical (unpaired) electrons. The molecule has 34 heavy (non-hydrogen) atoms. The second kappa shape index (κ2) is 9.27. The quantitative estimate of drug-likeness (QED) is 0.710. The molecule has 9 nitrogen and oxygen atoms in total. The molecule has 3 aliphatic heterocycles. The van der Waals surface area contributed by atoms with Crippen molar-refractivity contribution >= 4 is 33.2 Å². The molecule has 2 saturated heterocycles. The summed E-state index contributed by atoms with van der Waals surface area (Å²) < 4.78 is 33.4. The van der Waals surface area contributed by atoms with E-state index in [-0.39, 0.29) is 35.8 Å². The summed E-state index contributed by atoms with van der Waals surface area (Å²) >= 11 is 0. The molecule has 0 unspecified atom stereocenters. The zero-order valence-electron chi connectivity index (χ0n) is 18.9. The molecule has 2 fully saturated rings. The summed E-state index contributed by atoms with van der Waals surface area (Å²) in [5, 5.41) is 2.65. The first-order chi connectivity index (χ1) is 16.4. The van der Waals surface area contributed by atoms with Gasteiger partial charge in [-0.1, -0.05) is 18.2 Å². The van der Waals surface area contributed by atoms with Gasteiger partial charge in [0.25, 0.3) is 5.91 Å². The number of carbonyl (C=O) groups excluding carboxylic acids is 2. The Kier molecular flexibility index (Phi) is 6.18. The number of sulfonamides is 1. The molecule has 1 N–H and O–H groups in total. The van der Waals surface area contributed by atoms with Crippen LogP contribution in [0.25, 0.3) is 0 Å². The fourth-order valence-electron chi connectivity index (χ4n) is 4.82. The van der Waals surface area contributed by atoms with E-state index in [0.717, 1.165) is 18.8 Å². The molecular formula is C24H28N4O5S. The van der Waals surface area contributed by atoms with Crippen LogP contribution < -0.4 is 15.0 Å². The standard InChI is InChI=1S/C24H28N4O5S/c29-23-17-33-22-9-8-20(15-21(22)25-23)34(31,32)28-10-4-5-18(16-28)24(30)27-13-11-26(12-14-27)19-6-2-1-3-7-19/h1-3,6-9,15,18H,4-5,10-14,16-17H2,(H,25,29)/t18-/m1/s1.